The van der Waals surface area contributed by atoms with E-state index >= 15 is 0 Å². The van der Waals surface area contributed by atoms with Gasteiger partial charge in [0.15, 0.2) is 0 Å². The van der Waals surface area contributed by atoms with Gasteiger partial charge in [-0.2, -0.15) is 0 Å². The van der Waals surface area contributed by atoms with Crippen molar-refractivity contribution in [3.63, 3.8) is 0 Å². The first-order valence-electron chi connectivity index (χ1n) is 5.92. The van der Waals surface area contributed by atoms with Crippen LogP contribution in [0.25, 0.3) is 0 Å². The maximum Gasteiger partial charge on any atom is 0.133 e. The number of halogens is 2. The summed E-state index contributed by atoms with van der Waals surface area (Å²) in [6, 6.07) is 6.22. The molecule has 0 bridgehead atoms. The van der Waals surface area contributed by atoms with E-state index in [-0.39, 0.29) is 5.38 Å². The van der Waals surface area contributed by atoms with Gasteiger partial charge in [0.25, 0.3) is 0 Å². The third kappa shape index (κ3) is 4.18. The van der Waals surface area contributed by atoms with Gasteiger partial charge in [-0.25, -0.2) is 0 Å². The fourth-order valence-corrected chi connectivity index (χ4v) is 3.01. The Morgan fingerprint density at radius 3 is 2.35 bits per heavy atom. The second-order valence-corrected chi connectivity index (χ2v) is 6.30. The number of hydrogen-bond acceptors (Lipinski definition) is 1. The lowest BCUT2D eigenvalue weighted by Crippen LogP contribution is -2.20. The van der Waals surface area contributed by atoms with Crippen molar-refractivity contribution in [3.05, 3.63) is 28.2 Å². The van der Waals surface area contributed by atoms with Gasteiger partial charge in [-0.15, -0.1) is 11.6 Å². The molecule has 0 amide bonds. The van der Waals surface area contributed by atoms with Crippen molar-refractivity contribution in [1.29, 1.82) is 0 Å². The molecule has 0 heterocycles. The van der Waals surface area contributed by atoms with Crippen molar-refractivity contribution in [2.75, 3.05) is 7.11 Å². The molecule has 1 rings (SSSR count). The molecule has 2 atom stereocenters. The van der Waals surface area contributed by atoms with Gasteiger partial charge in [-0.1, -0.05) is 19.9 Å². The van der Waals surface area contributed by atoms with E-state index in [2.05, 4.69) is 48.8 Å². The van der Waals surface area contributed by atoms with E-state index in [1.165, 1.54) is 5.56 Å². The molecule has 1 aromatic rings. The molecule has 0 aliphatic heterocycles. The minimum absolute atomic E-state index is 0.191. The van der Waals surface area contributed by atoms with Gasteiger partial charge < -0.3 is 4.74 Å². The smallest absolute Gasteiger partial charge is 0.133 e. The van der Waals surface area contributed by atoms with Crippen molar-refractivity contribution < 1.29 is 4.74 Å². The Kier molecular flexibility index (Phi) is 5.81. The van der Waals surface area contributed by atoms with Crippen molar-refractivity contribution in [3.8, 4) is 5.75 Å². The molecule has 96 valence electrons. The number of alkyl halides is 1. The van der Waals surface area contributed by atoms with E-state index in [1.807, 2.05) is 6.07 Å². The third-order valence-corrected chi connectivity index (χ3v) is 4.08. The van der Waals surface area contributed by atoms with E-state index in [1.54, 1.807) is 7.11 Å². The standard InChI is InChI=1S/C14H20BrClO/c1-9(2)12(10(3)16)7-11-5-6-14(17-4)13(15)8-11/h5-6,8-10,12H,7H2,1-4H3. The second kappa shape index (κ2) is 6.65. The molecule has 0 aliphatic carbocycles. The highest BCUT2D eigenvalue weighted by molar-refractivity contribution is 9.10. The Balaban J connectivity index is 2.83. The highest BCUT2D eigenvalue weighted by Crippen LogP contribution is 2.29. The minimum atomic E-state index is 0.191. The average molecular weight is 320 g/mol. The zero-order valence-corrected chi connectivity index (χ0v) is 13.2. The molecule has 0 saturated carbocycles. The van der Waals surface area contributed by atoms with Crippen LogP contribution in [0.15, 0.2) is 22.7 Å². The summed E-state index contributed by atoms with van der Waals surface area (Å²) in [5, 5.41) is 0.191. The Bertz CT molecular complexity index is 355. The van der Waals surface area contributed by atoms with Gasteiger partial charge in [-0.3, -0.25) is 0 Å². The molecule has 2 unspecified atom stereocenters. The summed E-state index contributed by atoms with van der Waals surface area (Å²) in [6.07, 6.45) is 1.00. The molecule has 0 N–H and O–H groups in total. The Labute approximate surface area is 118 Å². The molecule has 17 heavy (non-hydrogen) atoms. The van der Waals surface area contributed by atoms with Gasteiger partial charge in [0.2, 0.25) is 0 Å². The number of hydrogen-bond donors (Lipinski definition) is 0. The molecule has 1 aromatic carbocycles. The summed E-state index contributed by atoms with van der Waals surface area (Å²) in [4.78, 5) is 0. The predicted octanol–water partition coefficient (Wildman–Crippen LogP) is 4.90. The fourth-order valence-electron chi connectivity index (χ4n) is 2.04. The maximum absolute atomic E-state index is 6.25. The quantitative estimate of drug-likeness (QED) is 0.701. The Morgan fingerprint density at radius 1 is 1.29 bits per heavy atom. The zero-order valence-electron chi connectivity index (χ0n) is 10.8. The van der Waals surface area contributed by atoms with E-state index in [9.17, 15) is 0 Å². The minimum Gasteiger partial charge on any atom is -0.496 e. The van der Waals surface area contributed by atoms with E-state index in [0.717, 1.165) is 16.6 Å². The topological polar surface area (TPSA) is 9.23 Å². The van der Waals surface area contributed by atoms with Gasteiger partial charge >= 0.3 is 0 Å². The first-order valence-corrected chi connectivity index (χ1v) is 7.15. The van der Waals surface area contributed by atoms with Crippen LogP contribution in [0.2, 0.25) is 0 Å². The van der Waals surface area contributed by atoms with E-state index in [4.69, 9.17) is 16.3 Å². The lowest BCUT2D eigenvalue weighted by molar-refractivity contribution is 0.375. The SMILES string of the molecule is COc1ccc(CC(C(C)C)C(C)Cl)cc1Br. The van der Waals surface area contributed by atoms with Crippen LogP contribution in [-0.4, -0.2) is 12.5 Å². The van der Waals surface area contributed by atoms with Gasteiger partial charge in [-0.05, 0) is 58.8 Å². The van der Waals surface area contributed by atoms with Crippen LogP contribution >= 0.6 is 27.5 Å². The molecular weight excluding hydrogens is 300 g/mol. The molecule has 0 aliphatic rings. The number of rotatable bonds is 5. The Morgan fingerprint density at radius 2 is 1.94 bits per heavy atom. The molecule has 0 aromatic heterocycles. The van der Waals surface area contributed by atoms with Crippen molar-refractivity contribution >= 4 is 27.5 Å². The fraction of sp³-hybridized carbons (Fsp3) is 0.571. The molecule has 0 fully saturated rings. The molecule has 0 radical (unpaired) electrons. The van der Waals surface area contributed by atoms with Crippen molar-refractivity contribution in [2.45, 2.75) is 32.6 Å². The third-order valence-electron chi connectivity index (χ3n) is 3.13. The summed E-state index contributed by atoms with van der Waals surface area (Å²) < 4.78 is 6.23. The van der Waals surface area contributed by atoms with Crippen LogP contribution in [0, 0.1) is 11.8 Å². The normalized spacial score (nSPS) is 14.8. The van der Waals surface area contributed by atoms with Gasteiger partial charge in [0.05, 0.1) is 11.6 Å². The molecule has 0 spiro atoms. The van der Waals surface area contributed by atoms with Crippen LogP contribution in [0.3, 0.4) is 0 Å². The molecular formula is C14H20BrClO. The lowest BCUT2D eigenvalue weighted by atomic mass is 9.87. The summed E-state index contributed by atoms with van der Waals surface area (Å²) >= 11 is 9.76. The van der Waals surface area contributed by atoms with Crippen LogP contribution < -0.4 is 4.74 Å². The van der Waals surface area contributed by atoms with E-state index in [0.29, 0.717) is 11.8 Å². The lowest BCUT2D eigenvalue weighted by Gasteiger charge is -2.23. The number of ether oxygens (including phenoxy) is 1. The van der Waals surface area contributed by atoms with Gasteiger partial charge in [0.1, 0.15) is 5.75 Å². The first-order chi connectivity index (χ1) is 7.95. The largest absolute Gasteiger partial charge is 0.496 e. The molecule has 3 heteroatoms. The Hall–Kier alpha value is -0.210. The number of benzene rings is 1. The van der Waals surface area contributed by atoms with Crippen LogP contribution in [0.4, 0.5) is 0 Å². The van der Waals surface area contributed by atoms with Crippen LogP contribution in [-0.2, 0) is 6.42 Å². The zero-order chi connectivity index (χ0) is 13.0. The second-order valence-electron chi connectivity index (χ2n) is 4.76. The first kappa shape index (κ1) is 14.8. The monoisotopic (exact) mass is 318 g/mol. The summed E-state index contributed by atoms with van der Waals surface area (Å²) in [7, 11) is 1.68. The number of methoxy groups -OCH3 is 1. The average Bonchev–Trinajstić information content (AvgIpc) is 2.25. The maximum atomic E-state index is 6.25. The van der Waals surface area contributed by atoms with E-state index < -0.39 is 0 Å². The van der Waals surface area contributed by atoms with Crippen molar-refractivity contribution in [1.82, 2.24) is 0 Å². The molecule has 1 nitrogen and oxygen atoms in total. The van der Waals surface area contributed by atoms with Crippen molar-refractivity contribution in [2.24, 2.45) is 11.8 Å². The summed E-state index contributed by atoms with van der Waals surface area (Å²) in [5.74, 6) is 1.95. The highest BCUT2D eigenvalue weighted by Gasteiger charge is 2.19. The predicted molar refractivity (Wildman–Crippen MR) is 78.0 cm³/mol. The van der Waals surface area contributed by atoms with Crippen LogP contribution in [0.1, 0.15) is 26.3 Å². The van der Waals surface area contributed by atoms with Crippen LogP contribution in [0.5, 0.6) is 5.75 Å². The summed E-state index contributed by atoms with van der Waals surface area (Å²) in [6.45, 7) is 6.52. The highest BCUT2D eigenvalue weighted by atomic mass is 79.9. The summed E-state index contributed by atoms with van der Waals surface area (Å²) in [5.41, 5.74) is 1.30. The van der Waals surface area contributed by atoms with Gasteiger partial charge in [0, 0.05) is 5.38 Å². The molecule has 0 saturated heterocycles.